The zero-order chi connectivity index (χ0) is 22.1. The third-order valence-corrected chi connectivity index (χ3v) is 6.16. The number of carbonyl (C=O) groups excluding carboxylic acids is 2. The minimum atomic E-state index is -0.602. The van der Waals surface area contributed by atoms with E-state index < -0.39 is 30.2 Å². The molecule has 1 amide bonds. The Balaban J connectivity index is 1.69. The van der Waals surface area contributed by atoms with Gasteiger partial charge in [-0.15, -0.1) is 5.10 Å². The number of amidine groups is 1. The summed E-state index contributed by atoms with van der Waals surface area (Å²) in [5.74, 6) is -1.02. The number of hydrogen-bond acceptors (Lipinski definition) is 8. The van der Waals surface area contributed by atoms with Crippen molar-refractivity contribution >= 4 is 47.6 Å². The Morgan fingerprint density at radius 1 is 1.23 bits per heavy atom. The van der Waals surface area contributed by atoms with Crippen molar-refractivity contribution in [3.05, 3.63) is 40.3 Å². The number of thioether (sulfide) groups is 1. The van der Waals surface area contributed by atoms with Gasteiger partial charge >= 0.3 is 13.1 Å². The van der Waals surface area contributed by atoms with Crippen LogP contribution in [0.1, 0.15) is 38.8 Å². The Kier molecular flexibility index (Phi) is 6.21. The molecule has 1 N–H and O–H groups in total. The number of aryl methyl sites for hydroxylation is 1. The van der Waals surface area contributed by atoms with E-state index in [1.165, 1.54) is 7.11 Å². The Morgan fingerprint density at radius 3 is 2.50 bits per heavy atom. The van der Waals surface area contributed by atoms with E-state index in [9.17, 15) is 9.59 Å². The third kappa shape index (κ3) is 4.66. The van der Waals surface area contributed by atoms with Crippen molar-refractivity contribution in [2.75, 3.05) is 7.11 Å². The predicted octanol–water partition coefficient (Wildman–Crippen LogP) is 1.90. The number of carbonyl (C=O) groups is 2. The molecule has 2 aliphatic heterocycles. The van der Waals surface area contributed by atoms with Gasteiger partial charge in [0, 0.05) is 6.08 Å². The van der Waals surface area contributed by atoms with Crippen LogP contribution in [0.25, 0.3) is 0 Å². The van der Waals surface area contributed by atoms with Crippen molar-refractivity contribution in [1.82, 2.24) is 5.32 Å². The fourth-order valence-electron chi connectivity index (χ4n) is 2.80. The topological polar surface area (TPSA) is 98.6 Å². The van der Waals surface area contributed by atoms with Crippen LogP contribution in [0.15, 0.2) is 39.4 Å². The number of esters is 1. The zero-order valence-electron chi connectivity index (χ0n) is 17.8. The maximum absolute atomic E-state index is 11.8. The van der Waals surface area contributed by atoms with Crippen molar-refractivity contribution in [1.29, 1.82) is 0 Å². The van der Waals surface area contributed by atoms with E-state index >= 15 is 0 Å². The molecule has 3 rings (SSSR count). The first kappa shape index (κ1) is 22.3. The number of methoxy groups -OCH3 is 1. The van der Waals surface area contributed by atoms with Crippen molar-refractivity contribution in [2.24, 2.45) is 10.2 Å². The molecule has 0 unspecified atom stereocenters. The molecule has 0 aliphatic carbocycles. The number of amides is 1. The fourth-order valence-corrected chi connectivity index (χ4v) is 3.54. The molecule has 30 heavy (non-hydrogen) atoms. The van der Waals surface area contributed by atoms with Gasteiger partial charge in [-0.1, -0.05) is 23.8 Å². The lowest BCUT2D eigenvalue weighted by molar-refractivity contribution is -0.135. The van der Waals surface area contributed by atoms with Gasteiger partial charge in [0.15, 0.2) is 5.17 Å². The molecule has 0 radical (unpaired) electrons. The standard InChI is InChI=1S/C20H24BN3O5S/c1-12-9-13(7-8-14(12)21-28-19(2,3)20(4,5)29-21)11-22-24-18-23-17(26)15(30-18)10-16(25)27-6/h7-11H,1-6H3,(H,23,24,26)/b15-10+,22-11?. The molecule has 0 bridgehead atoms. The van der Waals surface area contributed by atoms with Crippen molar-refractivity contribution in [3.63, 3.8) is 0 Å². The third-order valence-electron chi connectivity index (χ3n) is 5.26. The van der Waals surface area contributed by atoms with E-state index in [1.54, 1.807) is 6.21 Å². The normalized spacial score (nSPS) is 22.9. The van der Waals surface area contributed by atoms with E-state index in [0.717, 1.165) is 34.4 Å². The zero-order valence-corrected chi connectivity index (χ0v) is 18.6. The smallest absolute Gasteiger partial charge is 0.466 e. The molecule has 2 heterocycles. The van der Waals surface area contributed by atoms with E-state index in [2.05, 4.69) is 20.3 Å². The van der Waals surface area contributed by atoms with Gasteiger partial charge in [-0.2, -0.15) is 5.10 Å². The molecule has 2 aliphatic rings. The van der Waals surface area contributed by atoms with Gasteiger partial charge < -0.3 is 14.0 Å². The second-order valence-electron chi connectivity index (χ2n) is 7.94. The van der Waals surface area contributed by atoms with Crippen LogP contribution in [-0.2, 0) is 23.6 Å². The summed E-state index contributed by atoms with van der Waals surface area (Å²) in [6.07, 6.45) is 2.70. The summed E-state index contributed by atoms with van der Waals surface area (Å²) in [5.41, 5.74) is 2.03. The summed E-state index contributed by atoms with van der Waals surface area (Å²) >= 11 is 1.02. The molecule has 0 atom stereocenters. The molecule has 0 aromatic heterocycles. The Morgan fingerprint density at radius 2 is 1.90 bits per heavy atom. The second-order valence-corrected chi connectivity index (χ2v) is 8.97. The monoisotopic (exact) mass is 429 g/mol. The molecule has 0 saturated carbocycles. The van der Waals surface area contributed by atoms with Crippen LogP contribution in [0.5, 0.6) is 0 Å². The van der Waals surface area contributed by atoms with E-state index in [4.69, 9.17) is 9.31 Å². The molecule has 1 aromatic carbocycles. The highest BCUT2D eigenvalue weighted by Gasteiger charge is 2.52. The van der Waals surface area contributed by atoms with Crippen molar-refractivity contribution in [3.8, 4) is 0 Å². The predicted molar refractivity (Wildman–Crippen MR) is 118 cm³/mol. The lowest BCUT2D eigenvalue weighted by Crippen LogP contribution is -2.41. The van der Waals surface area contributed by atoms with E-state index in [0.29, 0.717) is 0 Å². The number of ether oxygens (including phenoxy) is 1. The highest BCUT2D eigenvalue weighted by molar-refractivity contribution is 8.18. The number of nitrogens with zero attached hydrogens (tertiary/aromatic N) is 2. The lowest BCUT2D eigenvalue weighted by Gasteiger charge is -2.32. The first-order valence-electron chi connectivity index (χ1n) is 9.38. The number of rotatable bonds is 4. The van der Waals surface area contributed by atoms with Gasteiger partial charge in [0.25, 0.3) is 5.91 Å². The summed E-state index contributed by atoms with van der Waals surface area (Å²) in [5, 5.41) is 10.9. The van der Waals surface area contributed by atoms with Gasteiger partial charge in [0.1, 0.15) is 0 Å². The quantitative estimate of drug-likeness (QED) is 0.258. The first-order valence-corrected chi connectivity index (χ1v) is 10.2. The summed E-state index contributed by atoms with van der Waals surface area (Å²) in [7, 11) is 0.822. The van der Waals surface area contributed by atoms with Crippen LogP contribution in [0, 0.1) is 6.92 Å². The SMILES string of the molecule is COC(=O)/C=C1/S/C(=N\N=Cc2ccc(B3OC(C)(C)C(C)(C)O3)c(C)c2)NC1=O. The summed E-state index contributed by atoms with van der Waals surface area (Å²) in [6.45, 7) is 10.1. The Bertz CT molecular complexity index is 955. The lowest BCUT2D eigenvalue weighted by atomic mass is 9.76. The Hall–Kier alpha value is -2.43. The van der Waals surface area contributed by atoms with Gasteiger partial charge in [-0.25, -0.2) is 4.79 Å². The number of hydrogen-bond donors (Lipinski definition) is 1. The van der Waals surface area contributed by atoms with Crippen LogP contribution in [0.4, 0.5) is 0 Å². The van der Waals surface area contributed by atoms with Gasteiger partial charge in [0.05, 0.1) is 29.4 Å². The van der Waals surface area contributed by atoms with E-state index in [1.807, 2.05) is 52.8 Å². The number of benzene rings is 1. The summed E-state index contributed by atoms with van der Waals surface area (Å²) in [6, 6.07) is 5.82. The van der Waals surface area contributed by atoms with Gasteiger partial charge in [0.2, 0.25) is 0 Å². The second kappa shape index (κ2) is 8.37. The average molecular weight is 429 g/mol. The highest BCUT2D eigenvalue weighted by Crippen LogP contribution is 2.36. The van der Waals surface area contributed by atoms with Crippen LogP contribution >= 0.6 is 11.8 Å². The number of nitrogens with one attached hydrogen (secondary N) is 1. The van der Waals surface area contributed by atoms with Crippen molar-refractivity contribution < 1.29 is 23.6 Å². The molecule has 2 saturated heterocycles. The first-order chi connectivity index (χ1) is 14.0. The van der Waals surface area contributed by atoms with Gasteiger partial charge in [-0.3, -0.25) is 10.1 Å². The van der Waals surface area contributed by atoms with Crippen LogP contribution < -0.4 is 10.8 Å². The molecular weight excluding hydrogens is 405 g/mol. The minimum absolute atomic E-state index is 0.207. The molecule has 1 aromatic rings. The largest absolute Gasteiger partial charge is 0.495 e. The molecule has 8 nitrogen and oxygen atoms in total. The van der Waals surface area contributed by atoms with E-state index in [-0.39, 0.29) is 10.1 Å². The van der Waals surface area contributed by atoms with Crippen LogP contribution in [-0.4, -0.2) is 48.7 Å². The summed E-state index contributed by atoms with van der Waals surface area (Å²) < 4.78 is 16.8. The molecule has 2 fully saturated rings. The summed E-state index contributed by atoms with van der Waals surface area (Å²) in [4.78, 5) is 23.3. The van der Waals surface area contributed by atoms with Gasteiger partial charge in [-0.05, 0) is 57.4 Å². The maximum Gasteiger partial charge on any atom is 0.495 e. The fraction of sp³-hybridized carbons (Fsp3) is 0.400. The molecule has 0 spiro atoms. The minimum Gasteiger partial charge on any atom is -0.466 e. The highest BCUT2D eigenvalue weighted by atomic mass is 32.2. The molecular formula is C20H24BN3O5S. The Labute approximate surface area is 180 Å². The molecule has 158 valence electrons. The average Bonchev–Trinajstić information content (AvgIpc) is 3.10. The molecule has 10 heteroatoms. The van der Waals surface area contributed by atoms with Crippen molar-refractivity contribution in [2.45, 2.75) is 45.8 Å². The van der Waals surface area contributed by atoms with Crippen LogP contribution in [0.3, 0.4) is 0 Å². The maximum atomic E-state index is 11.8. The van der Waals surface area contributed by atoms with Crippen LogP contribution in [0.2, 0.25) is 0 Å².